The molecule has 100 valence electrons. The van der Waals surface area contributed by atoms with Gasteiger partial charge in [-0.1, -0.05) is 12.1 Å². The van der Waals surface area contributed by atoms with Gasteiger partial charge in [-0.15, -0.1) is 13.2 Å². The van der Waals surface area contributed by atoms with E-state index < -0.39 is 18.5 Å². The number of halogens is 3. The Balaban J connectivity index is 2.02. The number of aliphatic hydroxyl groups is 1. The van der Waals surface area contributed by atoms with E-state index >= 15 is 0 Å². The minimum absolute atomic E-state index is 0.214. The smallest absolute Gasteiger partial charge is 0.406 e. The summed E-state index contributed by atoms with van der Waals surface area (Å²) in [6, 6.07) is 4.71. The minimum Gasteiger partial charge on any atom is -0.406 e. The van der Waals surface area contributed by atoms with E-state index in [0.29, 0.717) is 5.56 Å². The summed E-state index contributed by atoms with van der Waals surface area (Å²) < 4.78 is 39.6. The fourth-order valence-electron chi connectivity index (χ4n) is 1.82. The van der Waals surface area contributed by atoms with Crippen molar-refractivity contribution in [1.29, 1.82) is 0 Å². The van der Waals surface area contributed by atoms with Gasteiger partial charge in [0.1, 0.15) is 5.75 Å². The molecular formula is C12H14F3NO2. The van der Waals surface area contributed by atoms with Gasteiger partial charge in [0.05, 0.1) is 12.1 Å². The van der Waals surface area contributed by atoms with Gasteiger partial charge < -0.3 is 15.6 Å². The number of rotatable bonds is 4. The van der Waals surface area contributed by atoms with Crippen molar-refractivity contribution in [2.24, 2.45) is 11.7 Å². The molecule has 3 N–H and O–H groups in total. The first-order valence-electron chi connectivity index (χ1n) is 5.66. The molecule has 6 heteroatoms. The summed E-state index contributed by atoms with van der Waals surface area (Å²) in [5.74, 6) is -0.0783. The molecule has 1 saturated carbocycles. The van der Waals surface area contributed by atoms with E-state index in [2.05, 4.69) is 4.74 Å². The van der Waals surface area contributed by atoms with Crippen LogP contribution in [0.15, 0.2) is 24.3 Å². The topological polar surface area (TPSA) is 55.5 Å². The molecule has 0 bridgehead atoms. The molecule has 1 aromatic carbocycles. The highest BCUT2D eigenvalue weighted by Crippen LogP contribution is 2.37. The Morgan fingerprint density at radius 3 is 2.22 bits per heavy atom. The Kier molecular flexibility index (Phi) is 3.49. The maximum Gasteiger partial charge on any atom is 0.573 e. The zero-order valence-corrected chi connectivity index (χ0v) is 9.52. The lowest BCUT2D eigenvalue weighted by Crippen LogP contribution is -2.27. The molecule has 2 rings (SSSR count). The monoisotopic (exact) mass is 261 g/mol. The predicted octanol–water partition coefficient (Wildman–Crippen LogP) is 2.36. The van der Waals surface area contributed by atoms with Crippen molar-refractivity contribution >= 4 is 0 Å². The highest BCUT2D eigenvalue weighted by molar-refractivity contribution is 5.30. The van der Waals surface area contributed by atoms with Crippen molar-refractivity contribution in [2.75, 3.05) is 0 Å². The number of benzene rings is 1. The van der Waals surface area contributed by atoms with Crippen LogP contribution >= 0.6 is 0 Å². The summed E-state index contributed by atoms with van der Waals surface area (Å²) in [4.78, 5) is 0. The van der Waals surface area contributed by atoms with Gasteiger partial charge in [-0.25, -0.2) is 0 Å². The predicted molar refractivity (Wildman–Crippen MR) is 58.8 cm³/mol. The van der Waals surface area contributed by atoms with Crippen LogP contribution in [0.4, 0.5) is 13.2 Å². The van der Waals surface area contributed by atoms with Crippen LogP contribution in [0.5, 0.6) is 5.75 Å². The highest BCUT2D eigenvalue weighted by Gasteiger charge is 2.34. The third-order valence-electron chi connectivity index (χ3n) is 2.97. The van der Waals surface area contributed by atoms with Gasteiger partial charge >= 0.3 is 6.36 Å². The van der Waals surface area contributed by atoms with E-state index in [9.17, 15) is 18.3 Å². The van der Waals surface area contributed by atoms with Gasteiger partial charge in [-0.05, 0) is 36.5 Å². The number of nitrogens with two attached hydrogens (primary N) is 1. The van der Waals surface area contributed by atoms with Crippen molar-refractivity contribution in [1.82, 2.24) is 0 Å². The van der Waals surface area contributed by atoms with Gasteiger partial charge in [-0.2, -0.15) is 0 Å². The summed E-state index contributed by atoms with van der Waals surface area (Å²) in [7, 11) is 0. The number of alkyl halides is 3. The van der Waals surface area contributed by atoms with Crippen LogP contribution in [0.2, 0.25) is 0 Å². The average molecular weight is 261 g/mol. The molecule has 3 nitrogen and oxygen atoms in total. The lowest BCUT2D eigenvalue weighted by Gasteiger charge is -2.19. The molecule has 0 saturated heterocycles. The highest BCUT2D eigenvalue weighted by atomic mass is 19.4. The van der Waals surface area contributed by atoms with E-state index in [1.807, 2.05) is 0 Å². The standard InChI is InChI=1S/C12H14F3NO2/c13-12(14,15)18-9-5-3-7(4-6-9)10(16)11(17)8-1-2-8/h3-6,8,10-11,17H,1-2,16H2/t10-,11+/m1/s1. The Hall–Kier alpha value is -1.27. The Morgan fingerprint density at radius 1 is 1.22 bits per heavy atom. The third kappa shape index (κ3) is 3.36. The molecule has 1 aliphatic carbocycles. The van der Waals surface area contributed by atoms with Crippen LogP contribution in [-0.2, 0) is 0 Å². The van der Waals surface area contributed by atoms with Crippen LogP contribution in [0.25, 0.3) is 0 Å². The van der Waals surface area contributed by atoms with E-state index in [0.717, 1.165) is 12.8 Å². The first-order valence-corrected chi connectivity index (χ1v) is 5.66. The molecular weight excluding hydrogens is 247 g/mol. The summed E-state index contributed by atoms with van der Waals surface area (Å²) in [6.07, 6.45) is -3.44. The molecule has 1 aliphatic rings. The Morgan fingerprint density at radius 2 is 1.78 bits per heavy atom. The van der Waals surface area contributed by atoms with Gasteiger partial charge in [0.25, 0.3) is 0 Å². The largest absolute Gasteiger partial charge is 0.573 e. The molecule has 18 heavy (non-hydrogen) atoms. The second kappa shape index (κ2) is 4.78. The van der Waals surface area contributed by atoms with Crippen molar-refractivity contribution in [3.05, 3.63) is 29.8 Å². The van der Waals surface area contributed by atoms with Crippen LogP contribution in [0.3, 0.4) is 0 Å². The summed E-state index contributed by atoms with van der Waals surface area (Å²) in [5, 5.41) is 9.83. The maximum absolute atomic E-state index is 12.0. The summed E-state index contributed by atoms with van der Waals surface area (Å²) >= 11 is 0. The quantitative estimate of drug-likeness (QED) is 0.874. The van der Waals surface area contributed by atoms with E-state index in [1.165, 1.54) is 24.3 Å². The lowest BCUT2D eigenvalue weighted by atomic mass is 9.99. The molecule has 0 spiro atoms. The zero-order valence-electron chi connectivity index (χ0n) is 9.52. The third-order valence-corrected chi connectivity index (χ3v) is 2.97. The number of ether oxygens (including phenoxy) is 1. The zero-order chi connectivity index (χ0) is 13.3. The molecule has 0 radical (unpaired) electrons. The SMILES string of the molecule is N[C@H](c1ccc(OC(F)(F)F)cc1)[C@@H](O)C1CC1. The molecule has 2 atom stereocenters. The second-order valence-electron chi connectivity index (χ2n) is 4.47. The van der Waals surface area contributed by atoms with Crippen LogP contribution in [-0.4, -0.2) is 17.6 Å². The first-order chi connectivity index (χ1) is 8.37. The fraction of sp³-hybridized carbons (Fsp3) is 0.500. The molecule has 0 unspecified atom stereocenters. The van der Waals surface area contributed by atoms with Gasteiger partial charge in [0.2, 0.25) is 0 Å². The fourth-order valence-corrected chi connectivity index (χ4v) is 1.82. The van der Waals surface area contributed by atoms with Crippen molar-refractivity contribution in [3.63, 3.8) is 0 Å². The summed E-state index contributed by atoms with van der Waals surface area (Å²) in [6.45, 7) is 0. The van der Waals surface area contributed by atoms with E-state index in [1.54, 1.807) is 0 Å². The Labute approximate surface area is 102 Å². The van der Waals surface area contributed by atoms with Crippen LogP contribution in [0, 0.1) is 5.92 Å². The number of hydrogen-bond acceptors (Lipinski definition) is 3. The normalized spacial score (nSPS) is 19.4. The van der Waals surface area contributed by atoms with Crippen molar-refractivity contribution < 1.29 is 23.0 Å². The molecule has 0 heterocycles. The summed E-state index contributed by atoms with van der Waals surface area (Å²) in [5.41, 5.74) is 6.44. The van der Waals surface area contributed by atoms with Crippen molar-refractivity contribution in [2.45, 2.75) is 31.3 Å². The Bertz CT molecular complexity index is 401. The molecule has 1 aromatic rings. The van der Waals surface area contributed by atoms with Crippen LogP contribution < -0.4 is 10.5 Å². The van der Waals surface area contributed by atoms with Gasteiger partial charge in [0, 0.05) is 0 Å². The first kappa shape index (κ1) is 13.2. The van der Waals surface area contributed by atoms with Gasteiger partial charge in [-0.3, -0.25) is 0 Å². The molecule has 1 fully saturated rings. The second-order valence-corrected chi connectivity index (χ2v) is 4.47. The molecule has 0 amide bonds. The number of hydrogen-bond donors (Lipinski definition) is 2. The molecule has 0 aliphatic heterocycles. The minimum atomic E-state index is -4.70. The molecule has 0 aromatic heterocycles. The van der Waals surface area contributed by atoms with E-state index in [4.69, 9.17) is 5.73 Å². The van der Waals surface area contributed by atoms with Gasteiger partial charge in [0.15, 0.2) is 0 Å². The number of aliphatic hydroxyl groups excluding tert-OH is 1. The van der Waals surface area contributed by atoms with Crippen LogP contribution in [0.1, 0.15) is 24.4 Å². The van der Waals surface area contributed by atoms with Crippen molar-refractivity contribution in [3.8, 4) is 5.75 Å². The maximum atomic E-state index is 12.0. The lowest BCUT2D eigenvalue weighted by molar-refractivity contribution is -0.274. The van der Waals surface area contributed by atoms with E-state index in [-0.39, 0.29) is 11.7 Å². The average Bonchev–Trinajstić information content (AvgIpc) is 3.10.